The van der Waals surface area contributed by atoms with Crippen LogP contribution in [0.1, 0.15) is 10.4 Å². The van der Waals surface area contributed by atoms with E-state index in [4.69, 9.17) is 11.6 Å². The Bertz CT molecular complexity index is 409. The van der Waals surface area contributed by atoms with Crippen molar-refractivity contribution >= 4 is 23.2 Å². The number of carbonyl (C=O) groups is 1. The molecule has 1 amide bonds. The second-order valence-electron chi connectivity index (χ2n) is 2.42. The van der Waals surface area contributed by atoms with Crippen molar-refractivity contribution in [1.82, 2.24) is 10.5 Å². The second kappa shape index (κ2) is 4.67. The predicted molar refractivity (Wildman–Crippen MR) is 50.4 cm³/mol. The standard InChI is InChI=1S/C7H6ClN3O4/c1-15-10-7(12)5-2-4(11(13)14)3-9-6(5)8/h2-3H,1H3,(H,10,12). The first-order valence-electron chi connectivity index (χ1n) is 3.69. The van der Waals surface area contributed by atoms with Crippen molar-refractivity contribution in [2.75, 3.05) is 7.11 Å². The number of nitro groups is 1. The van der Waals surface area contributed by atoms with Gasteiger partial charge in [-0.2, -0.15) is 0 Å². The van der Waals surface area contributed by atoms with Crippen LogP contribution < -0.4 is 5.48 Å². The fourth-order valence-electron chi connectivity index (χ4n) is 0.844. The number of carbonyl (C=O) groups excluding carboxylic acids is 1. The van der Waals surface area contributed by atoms with Crippen LogP contribution in [0.25, 0.3) is 0 Å². The van der Waals surface area contributed by atoms with Crippen molar-refractivity contribution in [3.8, 4) is 0 Å². The number of nitrogens with one attached hydrogen (secondary N) is 1. The molecule has 1 aromatic rings. The van der Waals surface area contributed by atoms with Crippen LogP contribution in [0.5, 0.6) is 0 Å². The molecule has 1 heterocycles. The number of nitrogens with zero attached hydrogens (tertiary/aromatic N) is 2. The van der Waals surface area contributed by atoms with E-state index < -0.39 is 10.8 Å². The predicted octanol–water partition coefficient (Wildman–Crippen LogP) is 0.934. The molecule has 0 unspecified atom stereocenters. The van der Waals surface area contributed by atoms with Gasteiger partial charge in [0.1, 0.15) is 11.3 Å². The Balaban J connectivity index is 3.10. The lowest BCUT2D eigenvalue weighted by molar-refractivity contribution is -0.385. The molecule has 15 heavy (non-hydrogen) atoms. The van der Waals surface area contributed by atoms with Crippen molar-refractivity contribution in [3.05, 3.63) is 33.1 Å². The summed E-state index contributed by atoms with van der Waals surface area (Å²) in [5.74, 6) is -0.696. The normalized spacial score (nSPS) is 9.73. The number of halogens is 1. The fourth-order valence-corrected chi connectivity index (χ4v) is 1.03. The van der Waals surface area contributed by atoms with E-state index in [1.54, 1.807) is 0 Å². The summed E-state index contributed by atoms with van der Waals surface area (Å²) >= 11 is 5.58. The van der Waals surface area contributed by atoms with Crippen LogP contribution in [0.3, 0.4) is 0 Å². The summed E-state index contributed by atoms with van der Waals surface area (Å²) in [7, 11) is 1.23. The van der Waals surface area contributed by atoms with Crippen LogP contribution in [0, 0.1) is 10.1 Å². The van der Waals surface area contributed by atoms with Gasteiger partial charge in [-0.3, -0.25) is 19.7 Å². The maximum atomic E-state index is 11.3. The first-order chi connectivity index (χ1) is 7.06. The third-order valence-electron chi connectivity index (χ3n) is 1.47. The molecule has 0 saturated heterocycles. The molecule has 0 saturated carbocycles. The van der Waals surface area contributed by atoms with Gasteiger partial charge in [0.15, 0.2) is 0 Å². The lowest BCUT2D eigenvalue weighted by atomic mass is 10.2. The van der Waals surface area contributed by atoms with E-state index in [2.05, 4.69) is 9.82 Å². The Morgan fingerprint density at radius 1 is 1.73 bits per heavy atom. The third-order valence-corrected chi connectivity index (χ3v) is 1.78. The van der Waals surface area contributed by atoms with E-state index in [9.17, 15) is 14.9 Å². The molecule has 1 aromatic heterocycles. The van der Waals surface area contributed by atoms with E-state index >= 15 is 0 Å². The lowest BCUT2D eigenvalue weighted by Gasteiger charge is -2.02. The molecule has 1 N–H and O–H groups in total. The van der Waals surface area contributed by atoms with Gasteiger partial charge in [0.2, 0.25) is 0 Å². The summed E-state index contributed by atoms with van der Waals surface area (Å²) in [5.41, 5.74) is 1.55. The van der Waals surface area contributed by atoms with Crippen LogP contribution >= 0.6 is 11.6 Å². The van der Waals surface area contributed by atoms with Crippen molar-refractivity contribution in [2.45, 2.75) is 0 Å². The van der Waals surface area contributed by atoms with Gasteiger partial charge < -0.3 is 0 Å². The first kappa shape index (κ1) is 11.3. The Labute approximate surface area is 89.1 Å². The Morgan fingerprint density at radius 2 is 2.40 bits per heavy atom. The van der Waals surface area contributed by atoms with Gasteiger partial charge in [-0.25, -0.2) is 10.5 Å². The van der Waals surface area contributed by atoms with Crippen molar-refractivity contribution in [2.24, 2.45) is 0 Å². The van der Waals surface area contributed by atoms with E-state index in [0.717, 1.165) is 12.3 Å². The molecule has 0 aromatic carbocycles. The molecule has 0 radical (unpaired) electrons. The summed E-state index contributed by atoms with van der Waals surface area (Å²) in [6, 6.07) is 1.02. The summed E-state index contributed by atoms with van der Waals surface area (Å²) in [5, 5.41) is 10.3. The van der Waals surface area contributed by atoms with Crippen molar-refractivity contribution < 1.29 is 14.6 Å². The molecular weight excluding hydrogens is 226 g/mol. The number of rotatable bonds is 3. The summed E-state index contributed by atoms with van der Waals surface area (Å²) in [6.45, 7) is 0. The highest BCUT2D eigenvalue weighted by atomic mass is 35.5. The van der Waals surface area contributed by atoms with Crippen LogP contribution in [0.15, 0.2) is 12.3 Å². The Kier molecular flexibility index (Phi) is 3.53. The smallest absolute Gasteiger partial charge is 0.277 e. The van der Waals surface area contributed by atoms with Gasteiger partial charge in [0.25, 0.3) is 11.6 Å². The quantitative estimate of drug-likeness (QED) is 0.474. The number of hydrogen-bond donors (Lipinski definition) is 1. The van der Waals surface area contributed by atoms with E-state index in [-0.39, 0.29) is 16.4 Å². The monoisotopic (exact) mass is 231 g/mol. The zero-order valence-corrected chi connectivity index (χ0v) is 8.32. The minimum Gasteiger partial charge on any atom is -0.277 e. The molecule has 0 aliphatic heterocycles. The molecule has 7 nitrogen and oxygen atoms in total. The van der Waals surface area contributed by atoms with Gasteiger partial charge in [0.05, 0.1) is 17.6 Å². The molecule has 0 aliphatic rings. The molecule has 80 valence electrons. The summed E-state index contributed by atoms with van der Waals surface area (Å²) < 4.78 is 0. The highest BCUT2D eigenvalue weighted by Gasteiger charge is 2.16. The average molecular weight is 232 g/mol. The molecule has 0 aliphatic carbocycles. The van der Waals surface area contributed by atoms with Gasteiger partial charge in [-0.15, -0.1) is 0 Å². The zero-order valence-electron chi connectivity index (χ0n) is 7.56. The number of amides is 1. The highest BCUT2D eigenvalue weighted by molar-refractivity contribution is 6.32. The molecule has 0 fully saturated rings. The lowest BCUT2D eigenvalue weighted by Crippen LogP contribution is -2.22. The SMILES string of the molecule is CONC(=O)c1cc([N+](=O)[O-])cnc1Cl. The van der Waals surface area contributed by atoms with Gasteiger partial charge in [-0.1, -0.05) is 11.6 Å². The van der Waals surface area contributed by atoms with Crippen molar-refractivity contribution in [1.29, 1.82) is 0 Å². The maximum absolute atomic E-state index is 11.3. The molecule has 8 heteroatoms. The molecule has 0 bridgehead atoms. The van der Waals surface area contributed by atoms with Crippen LogP contribution in [-0.2, 0) is 4.84 Å². The molecule has 1 rings (SSSR count). The second-order valence-corrected chi connectivity index (χ2v) is 2.78. The van der Waals surface area contributed by atoms with Gasteiger partial charge in [0, 0.05) is 6.07 Å². The number of hydroxylamine groups is 1. The minimum absolute atomic E-state index is 0.118. The first-order valence-corrected chi connectivity index (χ1v) is 4.07. The van der Waals surface area contributed by atoms with Gasteiger partial charge in [-0.05, 0) is 0 Å². The maximum Gasteiger partial charge on any atom is 0.288 e. The third kappa shape index (κ3) is 2.61. The average Bonchev–Trinajstić information content (AvgIpc) is 2.18. The highest BCUT2D eigenvalue weighted by Crippen LogP contribution is 2.18. The largest absolute Gasteiger partial charge is 0.288 e. The Morgan fingerprint density at radius 3 is 2.93 bits per heavy atom. The number of pyridine rings is 1. The van der Waals surface area contributed by atoms with Crippen LogP contribution in [-0.4, -0.2) is 22.9 Å². The summed E-state index contributed by atoms with van der Waals surface area (Å²) in [6.07, 6.45) is 0.964. The van der Waals surface area contributed by atoms with Gasteiger partial charge >= 0.3 is 0 Å². The van der Waals surface area contributed by atoms with E-state index in [1.807, 2.05) is 5.48 Å². The van der Waals surface area contributed by atoms with Crippen molar-refractivity contribution in [3.63, 3.8) is 0 Å². The fraction of sp³-hybridized carbons (Fsp3) is 0.143. The number of hydrogen-bond acceptors (Lipinski definition) is 5. The topological polar surface area (TPSA) is 94.4 Å². The summed E-state index contributed by atoms with van der Waals surface area (Å²) in [4.78, 5) is 28.9. The number of aromatic nitrogens is 1. The van der Waals surface area contributed by atoms with E-state index in [0.29, 0.717) is 0 Å². The van der Waals surface area contributed by atoms with E-state index in [1.165, 1.54) is 7.11 Å². The minimum atomic E-state index is -0.696. The zero-order chi connectivity index (χ0) is 11.4. The Hall–Kier alpha value is -1.73. The van der Waals surface area contributed by atoms with Crippen LogP contribution in [0.4, 0.5) is 5.69 Å². The molecular formula is C7H6ClN3O4. The van der Waals surface area contributed by atoms with Crippen LogP contribution in [0.2, 0.25) is 5.15 Å². The molecule has 0 atom stereocenters. The molecule has 0 spiro atoms.